The van der Waals surface area contributed by atoms with Crippen LogP contribution in [0.15, 0.2) is 47.2 Å². The molecule has 1 aromatic heterocycles. The van der Waals surface area contributed by atoms with Crippen molar-refractivity contribution in [1.29, 1.82) is 0 Å². The van der Waals surface area contributed by atoms with Crippen LogP contribution in [0.4, 0.5) is 0 Å². The molecule has 0 fully saturated rings. The average Bonchev–Trinajstić information content (AvgIpc) is 3.03. The van der Waals surface area contributed by atoms with E-state index in [1.165, 1.54) is 0 Å². The number of hydrogen-bond donors (Lipinski definition) is 2. The Kier molecular flexibility index (Phi) is 5.96. The molecule has 4 heteroatoms. The third-order valence-electron chi connectivity index (χ3n) is 3.57. The molecule has 0 aliphatic carbocycles. The normalized spacial score (nSPS) is 13.6. The second-order valence-corrected chi connectivity index (χ2v) is 5.80. The van der Waals surface area contributed by atoms with E-state index in [2.05, 4.69) is 5.32 Å². The third-order valence-corrected chi connectivity index (χ3v) is 4.27. The van der Waals surface area contributed by atoms with Crippen LogP contribution in [0.1, 0.15) is 42.9 Å². The second kappa shape index (κ2) is 7.96. The number of aliphatic hydroxyl groups is 1. The third kappa shape index (κ3) is 4.41. The van der Waals surface area contributed by atoms with Crippen LogP contribution in [0.2, 0.25) is 0 Å². The summed E-state index contributed by atoms with van der Waals surface area (Å²) in [4.78, 5) is 12.3. The largest absolute Gasteiger partial charge is 0.388 e. The number of rotatable bonds is 7. The molecule has 0 saturated carbocycles. The van der Waals surface area contributed by atoms with Gasteiger partial charge in [0.25, 0.3) is 0 Å². The van der Waals surface area contributed by atoms with Gasteiger partial charge in [0.2, 0.25) is 5.91 Å². The molecule has 2 aromatic rings. The Labute approximate surface area is 129 Å². The van der Waals surface area contributed by atoms with Crippen LogP contribution >= 0.6 is 11.3 Å². The van der Waals surface area contributed by atoms with Crippen LogP contribution in [0.5, 0.6) is 0 Å². The zero-order chi connectivity index (χ0) is 15.1. The first-order chi connectivity index (χ1) is 10.2. The number of carbonyl (C=O) groups excluding carboxylic acids is 1. The summed E-state index contributed by atoms with van der Waals surface area (Å²) in [5.74, 6) is -0.0919. The van der Waals surface area contributed by atoms with E-state index in [0.29, 0.717) is 13.0 Å². The number of benzene rings is 1. The van der Waals surface area contributed by atoms with Gasteiger partial charge in [-0.1, -0.05) is 37.3 Å². The molecule has 0 saturated heterocycles. The van der Waals surface area contributed by atoms with Crippen molar-refractivity contribution in [3.05, 3.63) is 58.3 Å². The minimum absolute atomic E-state index is 0.0289. The molecule has 1 heterocycles. The van der Waals surface area contributed by atoms with E-state index in [0.717, 1.165) is 17.5 Å². The van der Waals surface area contributed by atoms with Crippen LogP contribution in [0, 0.1) is 0 Å². The monoisotopic (exact) mass is 303 g/mol. The molecule has 0 aliphatic heterocycles. The Morgan fingerprint density at radius 3 is 2.62 bits per heavy atom. The molecular weight excluding hydrogens is 282 g/mol. The van der Waals surface area contributed by atoms with Crippen molar-refractivity contribution in [3.8, 4) is 0 Å². The van der Waals surface area contributed by atoms with Crippen molar-refractivity contribution < 1.29 is 9.90 Å². The van der Waals surface area contributed by atoms with Gasteiger partial charge in [-0.15, -0.1) is 0 Å². The Morgan fingerprint density at radius 1 is 1.24 bits per heavy atom. The van der Waals surface area contributed by atoms with Gasteiger partial charge in [0, 0.05) is 6.54 Å². The van der Waals surface area contributed by atoms with E-state index in [9.17, 15) is 9.90 Å². The van der Waals surface area contributed by atoms with Gasteiger partial charge in [0.05, 0.1) is 12.0 Å². The van der Waals surface area contributed by atoms with Gasteiger partial charge in [-0.25, -0.2) is 0 Å². The molecule has 3 nitrogen and oxygen atoms in total. The summed E-state index contributed by atoms with van der Waals surface area (Å²) in [7, 11) is 0. The molecule has 1 aromatic carbocycles. The lowest BCUT2D eigenvalue weighted by atomic mass is 9.95. The number of carbonyl (C=O) groups is 1. The number of hydrogen-bond acceptors (Lipinski definition) is 3. The fourth-order valence-corrected chi connectivity index (χ4v) is 3.05. The summed E-state index contributed by atoms with van der Waals surface area (Å²) in [5, 5.41) is 16.8. The van der Waals surface area contributed by atoms with E-state index in [-0.39, 0.29) is 11.8 Å². The highest BCUT2D eigenvalue weighted by Gasteiger charge is 2.18. The summed E-state index contributed by atoms with van der Waals surface area (Å²) in [6.07, 6.45) is 0.796. The fourth-order valence-electron chi connectivity index (χ4n) is 2.34. The summed E-state index contributed by atoms with van der Waals surface area (Å²) >= 11 is 1.57. The molecule has 2 rings (SSSR count). The first-order valence-electron chi connectivity index (χ1n) is 7.25. The predicted molar refractivity (Wildman–Crippen MR) is 86.4 cm³/mol. The van der Waals surface area contributed by atoms with E-state index < -0.39 is 6.10 Å². The molecule has 21 heavy (non-hydrogen) atoms. The lowest BCUT2D eigenvalue weighted by molar-refractivity contribution is -0.122. The molecule has 0 unspecified atom stereocenters. The van der Waals surface area contributed by atoms with Crippen molar-refractivity contribution in [2.45, 2.75) is 31.8 Å². The number of amides is 1. The average molecular weight is 303 g/mol. The number of aliphatic hydroxyl groups excluding tert-OH is 1. The molecule has 0 radical (unpaired) electrons. The quantitative estimate of drug-likeness (QED) is 0.822. The second-order valence-electron chi connectivity index (χ2n) is 5.02. The van der Waals surface area contributed by atoms with Crippen molar-refractivity contribution in [2.24, 2.45) is 0 Å². The smallest absolute Gasteiger partial charge is 0.227 e. The summed E-state index contributed by atoms with van der Waals surface area (Å²) in [6.45, 7) is 2.50. The van der Waals surface area contributed by atoms with Gasteiger partial charge in [-0.3, -0.25) is 4.79 Å². The SMILES string of the molecule is CC[C@@H](C(=O)NCC[C@H](O)c1ccsc1)c1ccccc1. The topological polar surface area (TPSA) is 49.3 Å². The molecule has 2 atom stereocenters. The zero-order valence-corrected chi connectivity index (χ0v) is 13.0. The maximum Gasteiger partial charge on any atom is 0.227 e. The first kappa shape index (κ1) is 15.7. The van der Waals surface area contributed by atoms with Crippen molar-refractivity contribution in [3.63, 3.8) is 0 Å². The van der Waals surface area contributed by atoms with Crippen LogP contribution < -0.4 is 5.32 Å². The lowest BCUT2D eigenvalue weighted by Crippen LogP contribution is -2.30. The summed E-state index contributed by atoms with van der Waals surface area (Å²) in [5.41, 5.74) is 1.96. The van der Waals surface area contributed by atoms with Gasteiger partial charge in [0.15, 0.2) is 0 Å². The number of nitrogens with one attached hydrogen (secondary N) is 1. The maximum absolute atomic E-state index is 12.3. The first-order valence-corrected chi connectivity index (χ1v) is 8.19. The molecule has 112 valence electrons. The van der Waals surface area contributed by atoms with E-state index in [4.69, 9.17) is 0 Å². The van der Waals surface area contributed by atoms with Gasteiger partial charge in [0.1, 0.15) is 0 Å². The van der Waals surface area contributed by atoms with E-state index >= 15 is 0 Å². The van der Waals surface area contributed by atoms with Gasteiger partial charge >= 0.3 is 0 Å². The van der Waals surface area contributed by atoms with Crippen molar-refractivity contribution in [2.75, 3.05) is 6.54 Å². The Balaban J connectivity index is 1.83. The Morgan fingerprint density at radius 2 is 2.00 bits per heavy atom. The highest BCUT2D eigenvalue weighted by atomic mass is 32.1. The van der Waals surface area contributed by atoms with Crippen molar-refractivity contribution >= 4 is 17.2 Å². The van der Waals surface area contributed by atoms with Crippen LogP contribution in [-0.4, -0.2) is 17.6 Å². The van der Waals surface area contributed by atoms with E-state index in [1.807, 2.05) is 54.1 Å². The van der Waals surface area contributed by atoms with Crippen LogP contribution in [0.25, 0.3) is 0 Å². The van der Waals surface area contributed by atoms with Gasteiger partial charge < -0.3 is 10.4 Å². The maximum atomic E-state index is 12.3. The van der Waals surface area contributed by atoms with Gasteiger partial charge in [-0.2, -0.15) is 11.3 Å². The van der Waals surface area contributed by atoms with Crippen LogP contribution in [0.3, 0.4) is 0 Å². The summed E-state index contributed by atoms with van der Waals surface area (Å²) < 4.78 is 0. The number of thiophene rings is 1. The van der Waals surface area contributed by atoms with Crippen LogP contribution in [-0.2, 0) is 4.79 Å². The standard InChI is InChI=1S/C17H21NO2S/c1-2-15(13-6-4-3-5-7-13)17(20)18-10-8-16(19)14-9-11-21-12-14/h3-7,9,11-12,15-16,19H,2,8,10H2,1H3,(H,18,20)/t15-,16+/m1/s1. The molecule has 0 bridgehead atoms. The molecule has 2 N–H and O–H groups in total. The highest BCUT2D eigenvalue weighted by molar-refractivity contribution is 7.07. The molecule has 0 spiro atoms. The lowest BCUT2D eigenvalue weighted by Gasteiger charge is -2.16. The molecular formula is C17H21NO2S. The van der Waals surface area contributed by atoms with Crippen molar-refractivity contribution in [1.82, 2.24) is 5.32 Å². The highest BCUT2D eigenvalue weighted by Crippen LogP contribution is 2.20. The minimum atomic E-state index is -0.506. The fraction of sp³-hybridized carbons (Fsp3) is 0.353. The Bertz CT molecular complexity index is 539. The van der Waals surface area contributed by atoms with E-state index in [1.54, 1.807) is 11.3 Å². The zero-order valence-electron chi connectivity index (χ0n) is 12.2. The Hall–Kier alpha value is -1.65. The predicted octanol–water partition coefficient (Wildman–Crippen LogP) is 3.48. The summed E-state index contributed by atoms with van der Waals surface area (Å²) in [6, 6.07) is 11.7. The minimum Gasteiger partial charge on any atom is -0.388 e. The molecule has 0 aliphatic rings. The van der Waals surface area contributed by atoms with Gasteiger partial charge in [-0.05, 0) is 40.8 Å². The molecule has 1 amide bonds.